The Bertz CT molecular complexity index is 518. The number of nitrogens with zero attached hydrogens (tertiary/aromatic N) is 1. The number of rotatable bonds is 3. The highest BCUT2D eigenvalue weighted by molar-refractivity contribution is 5.77. The number of hydrogen-bond donors (Lipinski definition) is 1. The summed E-state index contributed by atoms with van der Waals surface area (Å²) in [5, 5.41) is 10.3. The van der Waals surface area contributed by atoms with Gasteiger partial charge in [0, 0.05) is 12.1 Å². The average molecular weight is 289 g/mol. The minimum atomic E-state index is -0.350. The Morgan fingerprint density at radius 2 is 2.05 bits per heavy atom. The lowest BCUT2D eigenvalue weighted by atomic mass is 9.92. The molecule has 0 radical (unpaired) electrons. The van der Waals surface area contributed by atoms with E-state index in [1.165, 1.54) is 12.7 Å². The van der Waals surface area contributed by atoms with E-state index in [0.717, 1.165) is 0 Å². The maximum absolute atomic E-state index is 12.3. The summed E-state index contributed by atoms with van der Waals surface area (Å²) < 4.78 is 5.02. The van der Waals surface area contributed by atoms with Crippen LogP contribution < -0.4 is 0 Å². The summed E-state index contributed by atoms with van der Waals surface area (Å²) in [6.07, 6.45) is 0.348. The Labute approximate surface area is 125 Å². The molecule has 1 aliphatic carbocycles. The molecule has 0 spiro atoms. The zero-order valence-corrected chi connectivity index (χ0v) is 12.8. The molecule has 6 atom stereocenters. The van der Waals surface area contributed by atoms with Crippen LogP contribution in [0.2, 0.25) is 0 Å². The van der Waals surface area contributed by atoms with Crippen LogP contribution >= 0.6 is 0 Å². The summed E-state index contributed by atoms with van der Waals surface area (Å²) in [7, 11) is 1.45. The van der Waals surface area contributed by atoms with Crippen molar-refractivity contribution in [2.45, 2.75) is 44.5 Å². The fraction of sp³-hybridized carbons (Fsp3) is 0.588. The molecule has 2 bridgehead atoms. The van der Waals surface area contributed by atoms with Gasteiger partial charge in [-0.2, -0.15) is 0 Å². The van der Waals surface area contributed by atoms with E-state index in [0.29, 0.717) is 12.3 Å². The summed E-state index contributed by atoms with van der Waals surface area (Å²) in [6.45, 7) is 4.24. The highest BCUT2D eigenvalue weighted by Crippen LogP contribution is 2.50. The molecule has 0 unspecified atom stereocenters. The number of methoxy groups -OCH3 is 1. The van der Waals surface area contributed by atoms with Gasteiger partial charge in [-0.1, -0.05) is 37.3 Å². The molecular weight excluding hydrogens is 266 g/mol. The lowest BCUT2D eigenvalue weighted by Gasteiger charge is -2.40. The van der Waals surface area contributed by atoms with Gasteiger partial charge in [0.1, 0.15) is 6.04 Å². The molecule has 3 rings (SSSR count). The average Bonchev–Trinajstić information content (AvgIpc) is 2.95. The van der Waals surface area contributed by atoms with E-state index in [-0.39, 0.29) is 36.1 Å². The Morgan fingerprint density at radius 1 is 1.38 bits per heavy atom. The van der Waals surface area contributed by atoms with E-state index < -0.39 is 0 Å². The molecule has 0 amide bonds. The van der Waals surface area contributed by atoms with Crippen LogP contribution in [-0.4, -0.2) is 41.3 Å². The first-order chi connectivity index (χ1) is 10.1. The van der Waals surface area contributed by atoms with Crippen LogP contribution in [0.5, 0.6) is 0 Å². The zero-order valence-electron chi connectivity index (χ0n) is 12.8. The number of carbonyl (C=O) groups is 1. The first-order valence-electron chi connectivity index (χ1n) is 7.64. The fourth-order valence-corrected chi connectivity index (χ4v) is 4.35. The van der Waals surface area contributed by atoms with Crippen LogP contribution in [0.4, 0.5) is 0 Å². The van der Waals surface area contributed by atoms with Crippen molar-refractivity contribution in [2.24, 2.45) is 11.8 Å². The Balaban J connectivity index is 1.95. The van der Waals surface area contributed by atoms with Crippen LogP contribution in [0.15, 0.2) is 30.3 Å². The van der Waals surface area contributed by atoms with Crippen LogP contribution in [0.1, 0.15) is 31.9 Å². The van der Waals surface area contributed by atoms with E-state index in [1.807, 2.05) is 18.2 Å². The highest BCUT2D eigenvalue weighted by Gasteiger charge is 2.59. The molecule has 4 nitrogen and oxygen atoms in total. The number of esters is 1. The van der Waals surface area contributed by atoms with Gasteiger partial charge < -0.3 is 9.84 Å². The molecule has 21 heavy (non-hydrogen) atoms. The smallest absolute Gasteiger partial charge is 0.323 e. The Hall–Kier alpha value is -1.39. The molecule has 1 aliphatic heterocycles. The van der Waals surface area contributed by atoms with Crippen LogP contribution in [0, 0.1) is 11.8 Å². The first-order valence-corrected chi connectivity index (χ1v) is 7.64. The van der Waals surface area contributed by atoms with Crippen LogP contribution in [0.25, 0.3) is 0 Å². The minimum absolute atomic E-state index is 0.0364. The van der Waals surface area contributed by atoms with Crippen LogP contribution in [-0.2, 0) is 9.53 Å². The van der Waals surface area contributed by atoms with Crippen molar-refractivity contribution in [3.8, 4) is 0 Å². The van der Waals surface area contributed by atoms with Crippen molar-refractivity contribution in [1.82, 2.24) is 4.90 Å². The number of aliphatic hydroxyl groups excluding tert-OH is 1. The molecule has 2 fully saturated rings. The monoisotopic (exact) mass is 289 g/mol. The Kier molecular flexibility index (Phi) is 3.76. The van der Waals surface area contributed by atoms with E-state index in [2.05, 4.69) is 30.9 Å². The summed E-state index contributed by atoms with van der Waals surface area (Å²) in [5.74, 6) is 0.322. The quantitative estimate of drug-likeness (QED) is 0.865. The summed E-state index contributed by atoms with van der Waals surface area (Å²) in [6, 6.07) is 10.0. The second-order valence-corrected chi connectivity index (χ2v) is 6.32. The molecular formula is C17H23NO3. The minimum Gasteiger partial charge on any atom is -0.468 e. The fourth-order valence-electron chi connectivity index (χ4n) is 4.35. The number of ether oxygens (including phenoxy) is 1. The predicted octanol–water partition coefficient (Wildman–Crippen LogP) is 1.99. The van der Waals surface area contributed by atoms with Gasteiger partial charge in [0.25, 0.3) is 0 Å². The van der Waals surface area contributed by atoms with Crippen molar-refractivity contribution in [3.05, 3.63) is 35.9 Å². The van der Waals surface area contributed by atoms with Crippen LogP contribution in [0.3, 0.4) is 0 Å². The van der Waals surface area contributed by atoms with E-state index in [9.17, 15) is 9.90 Å². The maximum Gasteiger partial charge on any atom is 0.323 e. The van der Waals surface area contributed by atoms with E-state index in [4.69, 9.17) is 4.74 Å². The lowest BCUT2D eigenvalue weighted by Crippen LogP contribution is -2.52. The van der Waals surface area contributed by atoms with Gasteiger partial charge in [0.15, 0.2) is 0 Å². The molecule has 1 aromatic carbocycles. The predicted molar refractivity (Wildman–Crippen MR) is 79.6 cm³/mol. The van der Waals surface area contributed by atoms with Gasteiger partial charge in [-0.3, -0.25) is 9.69 Å². The van der Waals surface area contributed by atoms with Gasteiger partial charge >= 0.3 is 5.97 Å². The molecule has 1 heterocycles. The molecule has 1 saturated carbocycles. The van der Waals surface area contributed by atoms with Crippen molar-refractivity contribution in [1.29, 1.82) is 0 Å². The molecule has 114 valence electrons. The number of piperidine rings is 1. The standard InChI is InChI=1S/C17H23NO3/c1-10-13-9-14(19)15(10)18(16(13)17(20)21-3)11(2)12-7-5-4-6-8-12/h4-8,10-11,13-16,19H,9H2,1-3H3/t10-,11+,13+,14-,15+,16-/m0/s1. The van der Waals surface area contributed by atoms with Crippen molar-refractivity contribution < 1.29 is 14.6 Å². The maximum atomic E-state index is 12.3. The number of likely N-dealkylation sites (tertiary alicyclic amines) is 1. The van der Waals surface area contributed by atoms with Gasteiger partial charge in [0.2, 0.25) is 0 Å². The second kappa shape index (κ2) is 5.43. The molecule has 1 N–H and O–H groups in total. The molecule has 1 aromatic rings. The van der Waals surface area contributed by atoms with Crippen molar-refractivity contribution in [2.75, 3.05) is 7.11 Å². The molecule has 0 aromatic heterocycles. The summed E-state index contributed by atoms with van der Waals surface area (Å²) in [5.41, 5.74) is 1.17. The number of aliphatic hydroxyl groups is 1. The molecule has 2 aliphatic rings. The highest BCUT2D eigenvalue weighted by atomic mass is 16.5. The number of benzene rings is 1. The third kappa shape index (κ3) is 2.17. The lowest BCUT2D eigenvalue weighted by molar-refractivity contribution is -0.151. The van der Waals surface area contributed by atoms with E-state index in [1.54, 1.807) is 0 Å². The van der Waals surface area contributed by atoms with Gasteiger partial charge in [-0.25, -0.2) is 0 Å². The van der Waals surface area contributed by atoms with E-state index >= 15 is 0 Å². The third-order valence-corrected chi connectivity index (χ3v) is 5.36. The van der Waals surface area contributed by atoms with Crippen molar-refractivity contribution >= 4 is 5.97 Å². The number of hydrogen-bond acceptors (Lipinski definition) is 4. The van der Waals surface area contributed by atoms with Gasteiger partial charge in [0.05, 0.1) is 13.2 Å². The third-order valence-electron chi connectivity index (χ3n) is 5.36. The SMILES string of the molecule is COC(=O)[C@@H]1[C@@H]2C[C@H](O)[C@@H]([C@H]2C)N1[C@H](C)c1ccccc1. The normalized spacial score (nSPS) is 36.7. The number of fused-ring (bicyclic) bond motifs is 2. The molecule has 4 heteroatoms. The van der Waals surface area contributed by atoms with Gasteiger partial charge in [-0.15, -0.1) is 0 Å². The topological polar surface area (TPSA) is 49.8 Å². The molecule has 1 saturated heterocycles. The summed E-state index contributed by atoms with van der Waals surface area (Å²) in [4.78, 5) is 14.4. The second-order valence-electron chi connectivity index (χ2n) is 6.32. The van der Waals surface area contributed by atoms with Crippen molar-refractivity contribution in [3.63, 3.8) is 0 Å². The zero-order chi connectivity index (χ0) is 15.1. The summed E-state index contributed by atoms with van der Waals surface area (Å²) >= 11 is 0. The number of carbonyl (C=O) groups excluding carboxylic acids is 1. The first kappa shape index (κ1) is 14.5. The van der Waals surface area contributed by atoms with Gasteiger partial charge in [-0.05, 0) is 30.7 Å². The largest absolute Gasteiger partial charge is 0.468 e. The Morgan fingerprint density at radius 3 is 2.67 bits per heavy atom.